The molecular weight excluding hydrogens is 425 g/mol. The predicted molar refractivity (Wildman–Crippen MR) is 99.9 cm³/mol. The zero-order valence-corrected chi connectivity index (χ0v) is 15.8. The van der Waals surface area contributed by atoms with Gasteiger partial charge < -0.3 is 19.4 Å². The van der Waals surface area contributed by atoms with Crippen molar-refractivity contribution in [1.82, 2.24) is 9.88 Å². The lowest BCUT2D eigenvalue weighted by Gasteiger charge is -2.21. The minimum absolute atomic E-state index is 0.153. The fourth-order valence-corrected chi connectivity index (χ4v) is 3.29. The average molecular weight is 441 g/mol. The number of nitrogens with zero attached hydrogens (tertiary/aromatic N) is 2. The molecule has 1 N–H and O–H groups in total. The summed E-state index contributed by atoms with van der Waals surface area (Å²) in [5.74, 6) is -1.73. The Hall–Kier alpha value is -3.37. The van der Waals surface area contributed by atoms with E-state index in [1.807, 2.05) is 0 Å². The number of carbonyl (C=O) groups excluding carboxylic acids is 1. The molecule has 1 amide bonds. The van der Waals surface area contributed by atoms with E-state index in [-0.39, 0.29) is 36.3 Å². The number of carbonyl (C=O) groups is 1. The SMILES string of the molecule is O=C(c1ccccc1OC(F)(F)C(F)F)N1CC[C@@H](Nc2nc3ccc(F)cc3o2)C1. The molecule has 3 aromatic rings. The van der Waals surface area contributed by atoms with E-state index in [1.165, 1.54) is 41.3 Å². The molecule has 0 saturated carbocycles. The van der Waals surface area contributed by atoms with Crippen molar-refractivity contribution in [3.63, 3.8) is 0 Å². The summed E-state index contributed by atoms with van der Waals surface area (Å²) in [6.45, 7) is 0.469. The van der Waals surface area contributed by atoms with Crippen LogP contribution in [0.4, 0.5) is 28.0 Å². The van der Waals surface area contributed by atoms with Crippen molar-refractivity contribution in [3.8, 4) is 5.75 Å². The van der Waals surface area contributed by atoms with Crippen LogP contribution in [0.25, 0.3) is 11.1 Å². The first-order valence-corrected chi connectivity index (χ1v) is 9.29. The lowest BCUT2D eigenvalue weighted by atomic mass is 10.1. The highest BCUT2D eigenvalue weighted by Gasteiger charge is 2.45. The summed E-state index contributed by atoms with van der Waals surface area (Å²) in [5.41, 5.74) is 0.473. The lowest BCUT2D eigenvalue weighted by molar-refractivity contribution is -0.253. The number of hydrogen-bond acceptors (Lipinski definition) is 5. The number of anilines is 1. The number of ether oxygens (including phenoxy) is 1. The number of amides is 1. The minimum atomic E-state index is -4.72. The molecule has 2 heterocycles. The third-order valence-corrected chi connectivity index (χ3v) is 4.77. The molecule has 31 heavy (non-hydrogen) atoms. The van der Waals surface area contributed by atoms with Crippen molar-refractivity contribution < 1.29 is 35.9 Å². The van der Waals surface area contributed by atoms with Gasteiger partial charge in [0.2, 0.25) is 0 Å². The van der Waals surface area contributed by atoms with E-state index in [9.17, 15) is 26.7 Å². The van der Waals surface area contributed by atoms with Gasteiger partial charge in [-0.1, -0.05) is 12.1 Å². The molecule has 2 aromatic carbocycles. The van der Waals surface area contributed by atoms with E-state index >= 15 is 0 Å². The maximum absolute atomic E-state index is 13.3. The topological polar surface area (TPSA) is 67.6 Å². The van der Waals surface area contributed by atoms with E-state index in [0.29, 0.717) is 11.9 Å². The van der Waals surface area contributed by atoms with Gasteiger partial charge in [0.25, 0.3) is 11.9 Å². The summed E-state index contributed by atoms with van der Waals surface area (Å²) in [6, 6.07) is 8.80. The van der Waals surface area contributed by atoms with Crippen LogP contribution in [0, 0.1) is 5.82 Å². The highest BCUT2D eigenvalue weighted by atomic mass is 19.3. The number of para-hydroxylation sites is 1. The number of hydrogen-bond donors (Lipinski definition) is 1. The molecule has 4 rings (SSSR count). The number of alkyl halides is 4. The van der Waals surface area contributed by atoms with Crippen molar-refractivity contribution in [3.05, 3.63) is 53.8 Å². The van der Waals surface area contributed by atoms with Crippen molar-refractivity contribution in [2.24, 2.45) is 0 Å². The number of rotatable bonds is 6. The van der Waals surface area contributed by atoms with Gasteiger partial charge in [-0.15, -0.1) is 0 Å². The molecule has 0 radical (unpaired) electrons. The monoisotopic (exact) mass is 441 g/mol. The Labute approximate surface area is 172 Å². The van der Waals surface area contributed by atoms with Crippen LogP contribution in [0.3, 0.4) is 0 Å². The zero-order valence-electron chi connectivity index (χ0n) is 15.8. The summed E-state index contributed by atoms with van der Waals surface area (Å²) in [6.07, 6.45) is -8.27. The second kappa shape index (κ2) is 8.05. The molecule has 1 atom stereocenters. The normalized spacial score (nSPS) is 16.8. The minimum Gasteiger partial charge on any atom is -0.427 e. The number of nitrogens with one attached hydrogen (secondary N) is 1. The van der Waals surface area contributed by atoms with Crippen LogP contribution in [-0.4, -0.2) is 47.5 Å². The van der Waals surface area contributed by atoms with Gasteiger partial charge in [-0.25, -0.2) is 4.39 Å². The fraction of sp³-hybridized carbons (Fsp3) is 0.300. The van der Waals surface area contributed by atoms with E-state index in [2.05, 4.69) is 15.0 Å². The van der Waals surface area contributed by atoms with Gasteiger partial charge in [-0.05, 0) is 30.7 Å². The van der Waals surface area contributed by atoms with Gasteiger partial charge >= 0.3 is 12.5 Å². The first-order chi connectivity index (χ1) is 14.7. The number of fused-ring (bicyclic) bond motifs is 1. The Morgan fingerprint density at radius 1 is 1.26 bits per heavy atom. The molecular formula is C20H16F5N3O3. The summed E-state index contributed by atoms with van der Waals surface area (Å²) in [4.78, 5) is 18.4. The quantitative estimate of drug-likeness (QED) is 0.570. The first-order valence-electron chi connectivity index (χ1n) is 9.29. The molecule has 1 aliphatic heterocycles. The van der Waals surface area contributed by atoms with Crippen LogP contribution in [0.2, 0.25) is 0 Å². The molecule has 1 aromatic heterocycles. The number of halogens is 5. The van der Waals surface area contributed by atoms with Crippen molar-refractivity contribution >= 4 is 23.0 Å². The van der Waals surface area contributed by atoms with Crippen molar-refractivity contribution in [2.45, 2.75) is 25.0 Å². The highest BCUT2D eigenvalue weighted by Crippen LogP contribution is 2.31. The molecule has 0 unspecified atom stereocenters. The van der Waals surface area contributed by atoms with Gasteiger partial charge in [0, 0.05) is 25.2 Å². The van der Waals surface area contributed by atoms with Crippen LogP contribution < -0.4 is 10.1 Å². The Morgan fingerprint density at radius 2 is 2.03 bits per heavy atom. The van der Waals surface area contributed by atoms with E-state index < -0.39 is 30.0 Å². The molecule has 164 valence electrons. The smallest absolute Gasteiger partial charge is 0.427 e. The van der Waals surface area contributed by atoms with Crippen LogP contribution in [-0.2, 0) is 0 Å². The molecule has 1 aliphatic rings. The summed E-state index contributed by atoms with van der Waals surface area (Å²) >= 11 is 0. The zero-order chi connectivity index (χ0) is 22.2. The van der Waals surface area contributed by atoms with Gasteiger partial charge in [0.05, 0.1) is 5.56 Å². The van der Waals surface area contributed by atoms with E-state index in [4.69, 9.17) is 4.42 Å². The van der Waals surface area contributed by atoms with E-state index in [0.717, 1.165) is 6.07 Å². The number of benzene rings is 2. The number of aromatic nitrogens is 1. The van der Waals surface area contributed by atoms with Crippen LogP contribution in [0.5, 0.6) is 5.75 Å². The van der Waals surface area contributed by atoms with Crippen LogP contribution in [0.1, 0.15) is 16.8 Å². The number of oxazole rings is 1. The molecule has 0 aliphatic carbocycles. The fourth-order valence-electron chi connectivity index (χ4n) is 3.29. The summed E-state index contributed by atoms with van der Waals surface area (Å²) in [5, 5.41) is 3.01. The molecule has 6 nitrogen and oxygen atoms in total. The molecule has 0 spiro atoms. The molecule has 1 saturated heterocycles. The standard InChI is InChI=1S/C20H16F5N3O3/c21-11-5-6-14-16(9-11)30-19(27-14)26-12-7-8-28(10-12)17(29)13-3-1-2-4-15(13)31-20(24,25)18(22)23/h1-6,9,12,18H,7-8,10H2,(H,26,27)/t12-/m1/s1. The van der Waals surface area contributed by atoms with Crippen molar-refractivity contribution in [2.75, 3.05) is 18.4 Å². The second-order valence-corrected chi connectivity index (χ2v) is 6.97. The average Bonchev–Trinajstić information content (AvgIpc) is 3.34. The van der Waals surface area contributed by atoms with Crippen LogP contribution in [0.15, 0.2) is 46.9 Å². The second-order valence-electron chi connectivity index (χ2n) is 6.97. The Kier molecular flexibility index (Phi) is 5.42. The van der Waals surface area contributed by atoms with Gasteiger partial charge in [-0.3, -0.25) is 4.79 Å². The predicted octanol–water partition coefficient (Wildman–Crippen LogP) is 4.53. The third-order valence-electron chi connectivity index (χ3n) is 4.77. The Bertz CT molecular complexity index is 1100. The summed E-state index contributed by atoms with van der Waals surface area (Å²) < 4.78 is 74.5. The summed E-state index contributed by atoms with van der Waals surface area (Å²) in [7, 11) is 0. The van der Waals surface area contributed by atoms with Gasteiger partial charge in [0.15, 0.2) is 5.58 Å². The number of likely N-dealkylation sites (tertiary alicyclic amines) is 1. The van der Waals surface area contributed by atoms with Gasteiger partial charge in [-0.2, -0.15) is 22.5 Å². The largest absolute Gasteiger partial charge is 0.461 e. The Balaban J connectivity index is 1.45. The first kappa shape index (κ1) is 20.9. The molecule has 11 heteroatoms. The Morgan fingerprint density at radius 3 is 2.81 bits per heavy atom. The molecule has 1 fully saturated rings. The maximum Gasteiger partial charge on any atom is 0.461 e. The third kappa shape index (κ3) is 4.39. The van der Waals surface area contributed by atoms with Crippen LogP contribution >= 0.6 is 0 Å². The van der Waals surface area contributed by atoms with Gasteiger partial charge in [0.1, 0.15) is 17.1 Å². The highest BCUT2D eigenvalue weighted by molar-refractivity contribution is 5.97. The molecule has 0 bridgehead atoms. The van der Waals surface area contributed by atoms with Crippen molar-refractivity contribution in [1.29, 1.82) is 0 Å². The maximum atomic E-state index is 13.3. The van der Waals surface area contributed by atoms with E-state index in [1.54, 1.807) is 0 Å². The lowest BCUT2D eigenvalue weighted by Crippen LogP contribution is -2.35.